The van der Waals surface area contributed by atoms with Crippen molar-refractivity contribution in [3.05, 3.63) is 52.8 Å². The lowest BCUT2D eigenvalue weighted by molar-refractivity contribution is 0.0600. The molecule has 1 aromatic heterocycles. The van der Waals surface area contributed by atoms with Crippen LogP contribution >= 0.6 is 11.6 Å². The summed E-state index contributed by atoms with van der Waals surface area (Å²) in [5, 5.41) is 2.98. The molecule has 0 aliphatic heterocycles. The van der Waals surface area contributed by atoms with Crippen LogP contribution in [0.5, 0.6) is 0 Å². The van der Waals surface area contributed by atoms with E-state index in [9.17, 15) is 9.59 Å². The zero-order valence-corrected chi connectivity index (χ0v) is 10.8. The molecule has 2 N–H and O–H groups in total. The predicted molar refractivity (Wildman–Crippen MR) is 71.5 cm³/mol. The molecule has 0 spiro atoms. The molecule has 0 saturated heterocycles. The number of H-pyrrole nitrogens is 1. The van der Waals surface area contributed by atoms with E-state index < -0.39 is 5.97 Å². The number of ether oxygens (including phenoxy) is 1. The summed E-state index contributed by atoms with van der Waals surface area (Å²) in [6.07, 6.45) is 3.20. The van der Waals surface area contributed by atoms with Gasteiger partial charge in [-0.2, -0.15) is 0 Å². The number of hydrogen-bond donors (Lipinski definition) is 2. The fourth-order valence-corrected chi connectivity index (χ4v) is 1.69. The topological polar surface area (TPSA) is 71.2 Å². The monoisotopic (exact) mass is 278 g/mol. The van der Waals surface area contributed by atoms with Gasteiger partial charge in [-0.1, -0.05) is 11.6 Å². The summed E-state index contributed by atoms with van der Waals surface area (Å²) in [6, 6.07) is 6.16. The smallest absolute Gasteiger partial charge is 0.337 e. The van der Waals surface area contributed by atoms with E-state index in [1.165, 1.54) is 25.3 Å². The van der Waals surface area contributed by atoms with Gasteiger partial charge in [-0.3, -0.25) is 4.79 Å². The first-order chi connectivity index (χ1) is 9.11. The van der Waals surface area contributed by atoms with Crippen molar-refractivity contribution in [3.8, 4) is 0 Å². The van der Waals surface area contributed by atoms with Crippen LogP contribution in [0, 0.1) is 0 Å². The van der Waals surface area contributed by atoms with Gasteiger partial charge >= 0.3 is 5.97 Å². The Balaban J connectivity index is 2.24. The molecule has 1 heterocycles. The predicted octanol–water partition coefficient (Wildman–Crippen LogP) is 2.71. The number of hydrogen-bond acceptors (Lipinski definition) is 3. The number of benzene rings is 1. The Morgan fingerprint density at radius 3 is 2.68 bits per heavy atom. The quantitative estimate of drug-likeness (QED) is 0.848. The van der Waals surface area contributed by atoms with Gasteiger partial charge in [0.15, 0.2) is 0 Å². The third kappa shape index (κ3) is 2.95. The molecule has 6 heteroatoms. The maximum Gasteiger partial charge on any atom is 0.337 e. The molecule has 98 valence electrons. The Bertz CT molecular complexity index is 608. The molecule has 0 aliphatic carbocycles. The fraction of sp³-hybridized carbons (Fsp3) is 0.0769. The summed E-state index contributed by atoms with van der Waals surface area (Å²) in [5.74, 6) is -0.807. The molecule has 19 heavy (non-hydrogen) atoms. The maximum absolute atomic E-state index is 11.9. The van der Waals surface area contributed by atoms with Crippen LogP contribution in [0.4, 0.5) is 5.69 Å². The van der Waals surface area contributed by atoms with E-state index in [-0.39, 0.29) is 5.91 Å². The third-order valence-electron chi connectivity index (χ3n) is 2.50. The van der Waals surface area contributed by atoms with Gasteiger partial charge in [0, 0.05) is 12.4 Å². The second-order valence-electron chi connectivity index (χ2n) is 3.74. The average molecular weight is 279 g/mol. The largest absolute Gasteiger partial charge is 0.465 e. The summed E-state index contributed by atoms with van der Waals surface area (Å²) in [5.41, 5.74) is 1.14. The van der Waals surface area contributed by atoms with Gasteiger partial charge in [0.2, 0.25) is 0 Å². The van der Waals surface area contributed by atoms with E-state index in [2.05, 4.69) is 15.0 Å². The van der Waals surface area contributed by atoms with Crippen molar-refractivity contribution in [2.45, 2.75) is 0 Å². The summed E-state index contributed by atoms with van der Waals surface area (Å²) in [6.45, 7) is 0. The van der Waals surface area contributed by atoms with Crippen molar-refractivity contribution in [1.82, 2.24) is 4.98 Å². The van der Waals surface area contributed by atoms with Crippen LogP contribution in [-0.4, -0.2) is 24.0 Å². The molecule has 5 nitrogen and oxygen atoms in total. The van der Waals surface area contributed by atoms with Crippen LogP contribution in [0.3, 0.4) is 0 Å². The first-order valence-corrected chi connectivity index (χ1v) is 5.81. The number of aromatic nitrogens is 1. The number of carbonyl (C=O) groups is 2. The minimum Gasteiger partial charge on any atom is -0.465 e. The number of anilines is 1. The number of methoxy groups -OCH3 is 1. The van der Waals surface area contributed by atoms with Crippen molar-refractivity contribution >= 4 is 29.2 Å². The van der Waals surface area contributed by atoms with Crippen LogP contribution in [0.1, 0.15) is 20.7 Å². The number of carbonyl (C=O) groups excluding carboxylic acids is 2. The van der Waals surface area contributed by atoms with Crippen LogP contribution < -0.4 is 5.32 Å². The highest BCUT2D eigenvalue weighted by molar-refractivity contribution is 6.34. The first kappa shape index (κ1) is 13.2. The highest BCUT2D eigenvalue weighted by atomic mass is 35.5. The van der Waals surface area contributed by atoms with E-state index in [4.69, 9.17) is 11.6 Å². The molecular weight excluding hydrogens is 268 g/mol. The SMILES string of the molecule is COC(=O)c1ccc(Cl)c(NC(=O)c2cc[nH]c2)c1. The molecule has 0 saturated carbocycles. The first-order valence-electron chi connectivity index (χ1n) is 5.44. The van der Waals surface area contributed by atoms with Gasteiger partial charge < -0.3 is 15.0 Å². The van der Waals surface area contributed by atoms with Gasteiger partial charge in [0.25, 0.3) is 5.91 Å². The van der Waals surface area contributed by atoms with Crippen molar-refractivity contribution in [3.63, 3.8) is 0 Å². The molecule has 0 radical (unpaired) electrons. The van der Waals surface area contributed by atoms with Crippen LogP contribution in [0.15, 0.2) is 36.7 Å². The van der Waals surface area contributed by atoms with Gasteiger partial charge in [-0.15, -0.1) is 0 Å². The number of esters is 1. The lowest BCUT2D eigenvalue weighted by atomic mass is 10.2. The van der Waals surface area contributed by atoms with Gasteiger partial charge in [0.05, 0.1) is 28.9 Å². The second kappa shape index (κ2) is 5.58. The number of halogens is 1. The van der Waals surface area contributed by atoms with Crippen molar-refractivity contribution < 1.29 is 14.3 Å². The summed E-state index contributed by atoms with van der Waals surface area (Å²) < 4.78 is 4.61. The average Bonchev–Trinajstić information content (AvgIpc) is 2.94. The summed E-state index contributed by atoms with van der Waals surface area (Å²) in [4.78, 5) is 26.1. The molecule has 0 aliphatic rings. The zero-order chi connectivity index (χ0) is 13.8. The fourth-order valence-electron chi connectivity index (χ4n) is 1.53. The maximum atomic E-state index is 11.9. The van der Waals surface area contributed by atoms with Crippen molar-refractivity contribution in [2.75, 3.05) is 12.4 Å². The van der Waals surface area contributed by atoms with E-state index in [0.717, 1.165) is 0 Å². The third-order valence-corrected chi connectivity index (χ3v) is 2.83. The number of aromatic amines is 1. The van der Waals surface area contributed by atoms with Gasteiger partial charge in [-0.05, 0) is 24.3 Å². The zero-order valence-electron chi connectivity index (χ0n) is 10.1. The lowest BCUT2D eigenvalue weighted by Crippen LogP contribution is -2.12. The molecule has 2 rings (SSSR count). The second-order valence-corrected chi connectivity index (χ2v) is 4.15. The van der Waals surface area contributed by atoms with E-state index in [1.807, 2.05) is 0 Å². The molecule has 1 aromatic carbocycles. The Morgan fingerprint density at radius 1 is 1.26 bits per heavy atom. The summed E-state index contributed by atoms with van der Waals surface area (Å²) in [7, 11) is 1.29. The molecular formula is C13H11ClN2O3. The van der Waals surface area contributed by atoms with Crippen molar-refractivity contribution in [2.24, 2.45) is 0 Å². The highest BCUT2D eigenvalue weighted by Crippen LogP contribution is 2.24. The summed E-state index contributed by atoms with van der Waals surface area (Å²) >= 11 is 5.97. The lowest BCUT2D eigenvalue weighted by Gasteiger charge is -2.08. The molecule has 2 aromatic rings. The Hall–Kier alpha value is -2.27. The minimum absolute atomic E-state index is 0.315. The van der Waals surface area contributed by atoms with Gasteiger partial charge in [-0.25, -0.2) is 4.79 Å². The van der Waals surface area contributed by atoms with E-state index >= 15 is 0 Å². The number of nitrogens with one attached hydrogen (secondary N) is 2. The van der Waals surface area contributed by atoms with Gasteiger partial charge in [0.1, 0.15) is 0 Å². The normalized spacial score (nSPS) is 10.0. The minimum atomic E-state index is -0.492. The van der Waals surface area contributed by atoms with E-state index in [1.54, 1.807) is 18.5 Å². The van der Waals surface area contributed by atoms with Crippen LogP contribution in [-0.2, 0) is 4.74 Å². The Labute approximate surface area is 114 Å². The number of rotatable bonds is 3. The standard InChI is InChI=1S/C13H11ClN2O3/c1-19-13(18)8-2-3-10(14)11(6-8)16-12(17)9-4-5-15-7-9/h2-7,15H,1H3,(H,16,17). The molecule has 1 amide bonds. The Morgan fingerprint density at radius 2 is 2.05 bits per heavy atom. The van der Waals surface area contributed by atoms with E-state index in [0.29, 0.717) is 21.8 Å². The highest BCUT2D eigenvalue weighted by Gasteiger charge is 2.12. The van der Waals surface area contributed by atoms with Crippen LogP contribution in [0.25, 0.3) is 0 Å². The molecule has 0 fully saturated rings. The molecule has 0 atom stereocenters. The number of amides is 1. The van der Waals surface area contributed by atoms with Crippen molar-refractivity contribution in [1.29, 1.82) is 0 Å². The molecule has 0 bridgehead atoms. The molecule has 0 unspecified atom stereocenters. The Kier molecular flexibility index (Phi) is 3.87. The van der Waals surface area contributed by atoms with Crippen LogP contribution in [0.2, 0.25) is 5.02 Å².